The van der Waals surface area contributed by atoms with Crippen molar-refractivity contribution in [2.75, 3.05) is 0 Å². The minimum Gasteiger partial charge on any atom is -0.160 e. The average Bonchev–Trinajstić information content (AvgIpc) is 2.22. The van der Waals surface area contributed by atoms with Crippen LogP contribution in [0.5, 0.6) is 0 Å². The van der Waals surface area contributed by atoms with Crippen LogP contribution in [-0.2, 0) is 5.41 Å². The molecule has 0 radical (unpaired) electrons. The average molecular weight is 314 g/mol. The largest absolute Gasteiger partial charge is 0.446 e. The van der Waals surface area contributed by atoms with Crippen molar-refractivity contribution in [2.24, 2.45) is 5.41 Å². The fourth-order valence-electron chi connectivity index (χ4n) is 1.56. The van der Waals surface area contributed by atoms with Crippen LogP contribution >= 0.6 is 11.8 Å². The first kappa shape index (κ1) is 18.0. The van der Waals surface area contributed by atoms with Gasteiger partial charge < -0.3 is 0 Å². The first-order chi connectivity index (χ1) is 9.28. The standard InChI is InChI=1S/C17H21F3S/c1-15(2,3)10-9-12-7-8-13(16(4,5)6)11-14(12)21-17(18,19)20/h7-8,11H,1-6H3. The Morgan fingerprint density at radius 3 is 1.95 bits per heavy atom. The molecule has 1 rings (SSSR count). The van der Waals surface area contributed by atoms with Crippen molar-refractivity contribution >= 4 is 11.8 Å². The van der Waals surface area contributed by atoms with E-state index in [0.29, 0.717) is 5.56 Å². The summed E-state index contributed by atoms with van der Waals surface area (Å²) in [6, 6.07) is 5.14. The summed E-state index contributed by atoms with van der Waals surface area (Å²) in [7, 11) is 0. The molecule has 0 atom stereocenters. The van der Waals surface area contributed by atoms with E-state index in [1.54, 1.807) is 12.1 Å². The summed E-state index contributed by atoms with van der Waals surface area (Å²) in [6.45, 7) is 11.7. The number of rotatable bonds is 1. The van der Waals surface area contributed by atoms with Gasteiger partial charge in [-0.15, -0.1) is 0 Å². The highest BCUT2D eigenvalue weighted by Crippen LogP contribution is 2.40. The number of hydrogen-bond donors (Lipinski definition) is 0. The van der Waals surface area contributed by atoms with E-state index >= 15 is 0 Å². The molecule has 0 aromatic heterocycles. The van der Waals surface area contributed by atoms with Gasteiger partial charge >= 0.3 is 5.51 Å². The molecule has 21 heavy (non-hydrogen) atoms. The second-order valence-corrected chi connectivity index (χ2v) is 8.12. The number of benzene rings is 1. The quantitative estimate of drug-likeness (QED) is 0.453. The molecule has 0 bridgehead atoms. The Morgan fingerprint density at radius 1 is 0.952 bits per heavy atom. The molecule has 0 saturated carbocycles. The van der Waals surface area contributed by atoms with E-state index < -0.39 is 5.51 Å². The van der Waals surface area contributed by atoms with Crippen LogP contribution in [0.25, 0.3) is 0 Å². The van der Waals surface area contributed by atoms with Crippen LogP contribution in [0.4, 0.5) is 13.2 Å². The molecule has 0 N–H and O–H groups in total. The second kappa shape index (κ2) is 5.96. The zero-order valence-electron chi connectivity index (χ0n) is 13.3. The van der Waals surface area contributed by atoms with Gasteiger partial charge in [-0.05, 0) is 55.6 Å². The lowest BCUT2D eigenvalue weighted by Gasteiger charge is -2.20. The molecule has 0 unspecified atom stereocenters. The molecule has 0 amide bonds. The predicted octanol–water partition coefficient (Wildman–Crippen LogP) is 5.99. The second-order valence-electron chi connectivity index (χ2n) is 7.01. The number of halogens is 3. The molecule has 0 nitrogen and oxygen atoms in total. The fourth-order valence-corrected chi connectivity index (χ4v) is 2.22. The predicted molar refractivity (Wildman–Crippen MR) is 83.4 cm³/mol. The first-order valence-electron chi connectivity index (χ1n) is 6.71. The van der Waals surface area contributed by atoms with Crippen molar-refractivity contribution in [3.63, 3.8) is 0 Å². The maximum Gasteiger partial charge on any atom is 0.446 e. The lowest BCUT2D eigenvalue weighted by atomic mass is 9.86. The van der Waals surface area contributed by atoms with E-state index in [1.807, 2.05) is 47.6 Å². The molecular formula is C17H21F3S. The van der Waals surface area contributed by atoms with E-state index in [2.05, 4.69) is 11.8 Å². The van der Waals surface area contributed by atoms with Gasteiger partial charge in [0.1, 0.15) is 0 Å². The summed E-state index contributed by atoms with van der Waals surface area (Å²) in [5, 5.41) is 0. The van der Waals surface area contributed by atoms with Gasteiger partial charge in [0.05, 0.1) is 0 Å². The van der Waals surface area contributed by atoms with Crippen LogP contribution in [0.1, 0.15) is 52.7 Å². The maximum atomic E-state index is 12.7. The molecule has 0 aliphatic heterocycles. The zero-order chi connectivity index (χ0) is 16.5. The van der Waals surface area contributed by atoms with Gasteiger partial charge in [0.2, 0.25) is 0 Å². The summed E-state index contributed by atoms with van der Waals surface area (Å²) < 4.78 is 38.2. The summed E-state index contributed by atoms with van der Waals surface area (Å²) in [4.78, 5) is 0.173. The molecule has 1 aromatic rings. The molecule has 0 heterocycles. The molecule has 0 aliphatic rings. The monoisotopic (exact) mass is 314 g/mol. The summed E-state index contributed by atoms with van der Waals surface area (Å²) in [6.07, 6.45) is 0. The highest BCUT2D eigenvalue weighted by Gasteiger charge is 2.31. The summed E-state index contributed by atoms with van der Waals surface area (Å²) in [5.41, 5.74) is -3.45. The topological polar surface area (TPSA) is 0 Å². The summed E-state index contributed by atoms with van der Waals surface area (Å²) in [5.74, 6) is 5.88. The van der Waals surface area contributed by atoms with Crippen molar-refractivity contribution in [1.29, 1.82) is 0 Å². The number of hydrogen-bond acceptors (Lipinski definition) is 1. The van der Waals surface area contributed by atoms with Crippen LogP contribution in [0.2, 0.25) is 0 Å². The Bertz CT molecular complexity index is 561. The molecule has 4 heteroatoms. The Kier molecular flexibility index (Phi) is 5.10. The lowest BCUT2D eigenvalue weighted by molar-refractivity contribution is -0.0328. The third-order valence-corrected chi connectivity index (χ3v) is 3.43. The van der Waals surface area contributed by atoms with E-state index in [9.17, 15) is 13.2 Å². The Morgan fingerprint density at radius 2 is 1.52 bits per heavy atom. The number of alkyl halides is 3. The smallest absolute Gasteiger partial charge is 0.160 e. The van der Waals surface area contributed by atoms with Crippen LogP contribution < -0.4 is 0 Å². The van der Waals surface area contributed by atoms with E-state index in [0.717, 1.165) is 5.56 Å². The minimum absolute atomic E-state index is 0.0943. The SMILES string of the molecule is CC(C)(C)C#Cc1ccc(C(C)(C)C)cc1SC(F)(F)F. The molecular weight excluding hydrogens is 293 g/mol. The fraction of sp³-hybridized carbons (Fsp3) is 0.529. The van der Waals surface area contributed by atoms with Gasteiger partial charge in [-0.25, -0.2) is 0 Å². The van der Waals surface area contributed by atoms with Crippen LogP contribution in [-0.4, -0.2) is 5.51 Å². The van der Waals surface area contributed by atoms with Crippen molar-refractivity contribution in [1.82, 2.24) is 0 Å². The van der Waals surface area contributed by atoms with Crippen molar-refractivity contribution < 1.29 is 13.2 Å². The highest BCUT2D eigenvalue weighted by atomic mass is 32.2. The molecule has 116 valence electrons. The minimum atomic E-state index is -4.31. The van der Waals surface area contributed by atoms with Crippen molar-refractivity contribution in [3.05, 3.63) is 29.3 Å². The Hall–Kier alpha value is -1.08. The van der Waals surface area contributed by atoms with Gasteiger partial charge in [-0.1, -0.05) is 38.7 Å². The third-order valence-electron chi connectivity index (χ3n) is 2.65. The first-order valence-corrected chi connectivity index (χ1v) is 7.53. The van der Waals surface area contributed by atoms with Gasteiger partial charge in [0, 0.05) is 15.9 Å². The third kappa shape index (κ3) is 6.48. The Labute approximate surface area is 129 Å². The molecule has 1 aromatic carbocycles. The van der Waals surface area contributed by atoms with Crippen LogP contribution in [0.15, 0.2) is 23.1 Å². The lowest BCUT2D eigenvalue weighted by Crippen LogP contribution is -2.12. The van der Waals surface area contributed by atoms with Gasteiger partial charge in [0.25, 0.3) is 0 Å². The van der Waals surface area contributed by atoms with Gasteiger partial charge in [0.15, 0.2) is 0 Å². The Balaban J connectivity index is 3.33. The van der Waals surface area contributed by atoms with Crippen molar-refractivity contribution in [2.45, 2.75) is 57.4 Å². The summed E-state index contributed by atoms with van der Waals surface area (Å²) >= 11 is -0.0943. The number of thioether (sulfide) groups is 1. The van der Waals surface area contributed by atoms with Crippen LogP contribution in [0, 0.1) is 17.3 Å². The molecule has 0 fully saturated rings. The molecule has 0 aliphatic carbocycles. The van der Waals surface area contributed by atoms with Crippen molar-refractivity contribution in [3.8, 4) is 11.8 Å². The normalized spacial score (nSPS) is 12.8. The highest BCUT2D eigenvalue weighted by molar-refractivity contribution is 8.00. The van der Waals surface area contributed by atoms with Crippen LogP contribution in [0.3, 0.4) is 0 Å². The van der Waals surface area contributed by atoms with Gasteiger partial charge in [-0.2, -0.15) is 13.2 Å². The van der Waals surface area contributed by atoms with E-state index in [1.165, 1.54) is 0 Å². The molecule has 0 spiro atoms. The van der Waals surface area contributed by atoms with E-state index in [-0.39, 0.29) is 27.5 Å². The van der Waals surface area contributed by atoms with E-state index in [4.69, 9.17) is 0 Å². The zero-order valence-corrected chi connectivity index (χ0v) is 14.1. The van der Waals surface area contributed by atoms with Gasteiger partial charge in [-0.3, -0.25) is 0 Å². The molecule has 0 saturated heterocycles. The maximum absolute atomic E-state index is 12.7.